The Balaban J connectivity index is 1.55. The topological polar surface area (TPSA) is 56.6 Å². The number of benzene rings is 2. The molecule has 2 aromatic carbocycles. The van der Waals surface area contributed by atoms with Gasteiger partial charge in [-0.2, -0.15) is 16.9 Å². The lowest BCUT2D eigenvalue weighted by molar-refractivity contribution is 0.0755. The van der Waals surface area contributed by atoms with E-state index in [1.54, 1.807) is 18.9 Å². The van der Waals surface area contributed by atoms with Crippen LogP contribution >= 0.6 is 11.8 Å². The summed E-state index contributed by atoms with van der Waals surface area (Å²) in [4.78, 5) is 15.4. The zero-order valence-electron chi connectivity index (χ0n) is 19.0. The number of aromatic nitrogens is 2. The van der Waals surface area contributed by atoms with Crippen molar-refractivity contribution in [2.24, 2.45) is 7.05 Å². The number of aryl methyl sites for hydroxylation is 2. The molecule has 6 nitrogen and oxygen atoms in total. The van der Waals surface area contributed by atoms with E-state index >= 15 is 0 Å². The summed E-state index contributed by atoms with van der Waals surface area (Å²) in [7, 11) is 5.06. The zero-order valence-corrected chi connectivity index (χ0v) is 19.8. The highest BCUT2D eigenvalue weighted by Gasteiger charge is 2.26. The lowest BCUT2D eigenvalue weighted by Gasteiger charge is -2.20. The molecule has 1 aliphatic heterocycles. The van der Waals surface area contributed by atoms with E-state index in [-0.39, 0.29) is 5.91 Å². The molecule has 0 spiro atoms. The quantitative estimate of drug-likeness (QED) is 0.561. The summed E-state index contributed by atoms with van der Waals surface area (Å²) in [6.45, 7) is 3.62. The maximum Gasteiger partial charge on any atom is 0.272 e. The number of hydrogen-bond acceptors (Lipinski definition) is 5. The van der Waals surface area contributed by atoms with Gasteiger partial charge >= 0.3 is 0 Å². The predicted molar refractivity (Wildman–Crippen MR) is 129 cm³/mol. The highest BCUT2D eigenvalue weighted by Crippen LogP contribution is 2.37. The van der Waals surface area contributed by atoms with E-state index in [2.05, 4.69) is 36.3 Å². The monoisotopic (exact) mass is 451 g/mol. The minimum Gasteiger partial charge on any atom is -0.497 e. The first-order valence-electron chi connectivity index (χ1n) is 10.7. The molecule has 1 amide bonds. The molecule has 2 heterocycles. The first-order valence-corrected chi connectivity index (χ1v) is 11.8. The molecule has 3 aromatic rings. The van der Waals surface area contributed by atoms with E-state index in [1.807, 2.05) is 48.0 Å². The van der Waals surface area contributed by atoms with Crippen molar-refractivity contribution in [1.82, 2.24) is 14.7 Å². The van der Waals surface area contributed by atoms with Gasteiger partial charge in [-0.15, -0.1) is 0 Å². The van der Waals surface area contributed by atoms with Crippen molar-refractivity contribution in [2.45, 2.75) is 18.6 Å². The van der Waals surface area contributed by atoms with Gasteiger partial charge in [0.25, 0.3) is 5.91 Å². The van der Waals surface area contributed by atoms with Crippen LogP contribution in [-0.4, -0.2) is 53.6 Å². The van der Waals surface area contributed by atoms with Crippen molar-refractivity contribution in [2.75, 3.05) is 33.1 Å². The fourth-order valence-electron chi connectivity index (χ4n) is 4.15. The highest BCUT2D eigenvalue weighted by molar-refractivity contribution is 7.99. The average molecular weight is 452 g/mol. The zero-order chi connectivity index (χ0) is 22.7. The van der Waals surface area contributed by atoms with Crippen molar-refractivity contribution in [3.63, 3.8) is 0 Å². The molecule has 0 bridgehead atoms. The van der Waals surface area contributed by atoms with E-state index in [9.17, 15) is 4.79 Å². The first kappa shape index (κ1) is 22.3. The number of carbonyl (C=O) groups is 1. The Hall–Kier alpha value is -2.93. The third-order valence-electron chi connectivity index (χ3n) is 5.95. The maximum atomic E-state index is 13.4. The Kier molecular flexibility index (Phi) is 6.74. The Morgan fingerprint density at radius 2 is 1.91 bits per heavy atom. The number of rotatable bonds is 5. The van der Waals surface area contributed by atoms with Crippen molar-refractivity contribution < 1.29 is 14.3 Å². The molecule has 1 fully saturated rings. The number of nitrogens with zero attached hydrogens (tertiary/aromatic N) is 3. The van der Waals surface area contributed by atoms with E-state index in [0.29, 0.717) is 28.1 Å². The lowest BCUT2D eigenvalue weighted by Crippen LogP contribution is -2.34. The molecule has 0 radical (unpaired) electrons. The van der Waals surface area contributed by atoms with Crippen LogP contribution in [0.15, 0.2) is 48.5 Å². The maximum absolute atomic E-state index is 13.4. The van der Waals surface area contributed by atoms with Gasteiger partial charge in [0.2, 0.25) is 0 Å². The Morgan fingerprint density at radius 1 is 1.09 bits per heavy atom. The number of carbonyl (C=O) groups excluding carboxylic acids is 1. The minimum absolute atomic E-state index is 0.0131. The third kappa shape index (κ3) is 4.48. The van der Waals surface area contributed by atoms with Crippen LogP contribution in [0.25, 0.3) is 11.3 Å². The lowest BCUT2D eigenvalue weighted by atomic mass is 10.0. The van der Waals surface area contributed by atoms with Crippen LogP contribution in [0.4, 0.5) is 0 Å². The molecule has 1 unspecified atom stereocenters. The average Bonchev–Trinajstić information content (AvgIpc) is 3.03. The second kappa shape index (κ2) is 9.69. The summed E-state index contributed by atoms with van der Waals surface area (Å²) < 4.78 is 12.5. The smallest absolute Gasteiger partial charge is 0.272 e. The van der Waals surface area contributed by atoms with E-state index in [1.165, 1.54) is 11.1 Å². The van der Waals surface area contributed by atoms with Crippen molar-refractivity contribution in [3.05, 3.63) is 65.4 Å². The molecule has 0 N–H and O–H groups in total. The predicted octanol–water partition coefficient (Wildman–Crippen LogP) is 4.73. The molecular formula is C25H29N3O3S. The standard InChI is InChI=1S/C25H29N3O3S/c1-17-7-5-6-8-19(17)24-11-12-28(13-14-32-24)25(29)22-16-21(26-27(22)2)20-15-18(30-3)9-10-23(20)31-4/h5-10,15-16,24H,11-14H2,1-4H3. The number of ether oxygens (including phenoxy) is 2. The molecule has 0 saturated carbocycles. The minimum atomic E-state index is 0.0131. The summed E-state index contributed by atoms with van der Waals surface area (Å²) in [5.41, 5.74) is 4.75. The number of hydrogen-bond donors (Lipinski definition) is 0. The van der Waals surface area contributed by atoms with E-state index < -0.39 is 0 Å². The molecule has 0 aliphatic carbocycles. The van der Waals surface area contributed by atoms with Gasteiger partial charge in [-0.1, -0.05) is 24.3 Å². The third-order valence-corrected chi connectivity index (χ3v) is 7.26. The Bertz CT molecular complexity index is 1110. The molecule has 32 heavy (non-hydrogen) atoms. The van der Waals surface area contributed by atoms with Gasteiger partial charge in [0.1, 0.15) is 17.2 Å². The highest BCUT2D eigenvalue weighted by atomic mass is 32.2. The molecule has 1 saturated heterocycles. The van der Waals surface area contributed by atoms with Crippen LogP contribution in [0.3, 0.4) is 0 Å². The summed E-state index contributed by atoms with van der Waals surface area (Å²) >= 11 is 1.94. The largest absolute Gasteiger partial charge is 0.497 e. The molecule has 7 heteroatoms. The van der Waals surface area contributed by atoms with Gasteiger partial charge in [-0.05, 0) is 48.7 Å². The summed E-state index contributed by atoms with van der Waals surface area (Å²) in [6, 6.07) is 16.0. The molecule has 1 aliphatic rings. The normalized spacial score (nSPS) is 16.5. The van der Waals surface area contributed by atoms with E-state index in [0.717, 1.165) is 30.8 Å². The van der Waals surface area contributed by atoms with E-state index in [4.69, 9.17) is 9.47 Å². The Labute approximate surface area is 193 Å². The van der Waals surface area contributed by atoms with Gasteiger partial charge in [-0.25, -0.2) is 0 Å². The fraction of sp³-hybridized carbons (Fsp3) is 0.360. The summed E-state index contributed by atoms with van der Waals surface area (Å²) in [5, 5.41) is 5.02. The van der Waals surface area contributed by atoms with Gasteiger partial charge in [-0.3, -0.25) is 9.48 Å². The molecule has 168 valence electrons. The van der Waals surface area contributed by atoms with Crippen LogP contribution in [-0.2, 0) is 7.05 Å². The van der Waals surface area contributed by atoms with Crippen LogP contribution < -0.4 is 9.47 Å². The van der Waals surface area contributed by atoms with Crippen molar-refractivity contribution >= 4 is 17.7 Å². The second-order valence-electron chi connectivity index (χ2n) is 7.90. The molecular weight excluding hydrogens is 422 g/mol. The second-order valence-corrected chi connectivity index (χ2v) is 9.21. The number of amides is 1. The van der Waals surface area contributed by atoms with Crippen molar-refractivity contribution in [1.29, 1.82) is 0 Å². The molecule has 1 aromatic heterocycles. The van der Waals surface area contributed by atoms with Crippen molar-refractivity contribution in [3.8, 4) is 22.8 Å². The van der Waals surface area contributed by atoms with Gasteiger partial charge < -0.3 is 14.4 Å². The SMILES string of the molecule is COc1ccc(OC)c(-c2cc(C(=O)N3CCSC(c4ccccc4C)CC3)n(C)n2)c1. The van der Waals surface area contributed by atoms with Crippen LogP contribution in [0.5, 0.6) is 11.5 Å². The summed E-state index contributed by atoms with van der Waals surface area (Å²) in [5.74, 6) is 2.33. The van der Waals surface area contributed by atoms with Gasteiger partial charge in [0.05, 0.1) is 19.9 Å². The van der Waals surface area contributed by atoms with Crippen LogP contribution in [0.1, 0.15) is 33.3 Å². The molecule has 4 rings (SSSR count). The number of methoxy groups -OCH3 is 2. The van der Waals surface area contributed by atoms with Gasteiger partial charge in [0, 0.05) is 36.7 Å². The Morgan fingerprint density at radius 3 is 2.66 bits per heavy atom. The number of thioether (sulfide) groups is 1. The van der Waals surface area contributed by atoms with Crippen LogP contribution in [0.2, 0.25) is 0 Å². The first-order chi connectivity index (χ1) is 15.5. The molecule has 1 atom stereocenters. The van der Waals surface area contributed by atoms with Crippen LogP contribution in [0, 0.1) is 6.92 Å². The fourth-order valence-corrected chi connectivity index (χ4v) is 5.47. The van der Waals surface area contributed by atoms with Gasteiger partial charge in [0.15, 0.2) is 0 Å². The summed E-state index contributed by atoms with van der Waals surface area (Å²) in [6.07, 6.45) is 0.940.